The van der Waals surface area contributed by atoms with Crippen molar-refractivity contribution in [1.82, 2.24) is 4.98 Å². The van der Waals surface area contributed by atoms with E-state index in [9.17, 15) is 0 Å². The zero-order valence-electron chi connectivity index (χ0n) is 9.65. The first-order valence-corrected chi connectivity index (χ1v) is 5.91. The third-order valence-corrected chi connectivity index (χ3v) is 3.12. The summed E-state index contributed by atoms with van der Waals surface area (Å²) in [6.07, 6.45) is 0.534. The molecule has 1 atom stereocenters. The van der Waals surface area contributed by atoms with Gasteiger partial charge in [-0.2, -0.15) is 0 Å². The van der Waals surface area contributed by atoms with Gasteiger partial charge in [-0.3, -0.25) is 0 Å². The summed E-state index contributed by atoms with van der Waals surface area (Å²) in [6.45, 7) is 1.95. The Bertz CT molecular complexity index is 542. The number of hydrogen-bond donors (Lipinski definition) is 2. The fourth-order valence-corrected chi connectivity index (χ4v) is 2.07. The van der Waals surface area contributed by atoms with Crippen LogP contribution in [0.3, 0.4) is 0 Å². The standard InChI is InChI=1S/C13H15ClN2O/c1-8-3-2-4-9-5-10(6-11(15)7-17)13(14)16-12(8)9/h2-5,11,17H,6-7,15H2,1H3. The van der Waals surface area contributed by atoms with Gasteiger partial charge in [0, 0.05) is 11.4 Å². The number of aromatic nitrogens is 1. The van der Waals surface area contributed by atoms with Crippen molar-refractivity contribution < 1.29 is 5.11 Å². The van der Waals surface area contributed by atoms with E-state index < -0.39 is 0 Å². The van der Waals surface area contributed by atoms with E-state index in [1.807, 2.05) is 31.2 Å². The molecular weight excluding hydrogens is 236 g/mol. The zero-order valence-corrected chi connectivity index (χ0v) is 10.4. The Labute approximate surface area is 105 Å². The van der Waals surface area contributed by atoms with Crippen LogP contribution in [-0.4, -0.2) is 22.7 Å². The Hall–Kier alpha value is -1.16. The highest BCUT2D eigenvalue weighted by molar-refractivity contribution is 6.30. The molecule has 17 heavy (non-hydrogen) atoms. The second-order valence-corrected chi connectivity index (χ2v) is 4.59. The normalized spacial score (nSPS) is 12.9. The third kappa shape index (κ3) is 2.57. The molecule has 1 aromatic heterocycles. The molecule has 1 heterocycles. The van der Waals surface area contributed by atoms with Gasteiger partial charge < -0.3 is 10.8 Å². The summed E-state index contributed by atoms with van der Waals surface area (Å²) >= 11 is 6.13. The van der Waals surface area contributed by atoms with Crippen molar-refractivity contribution in [2.75, 3.05) is 6.61 Å². The third-order valence-electron chi connectivity index (χ3n) is 2.79. The molecule has 0 bridgehead atoms. The number of pyridine rings is 1. The van der Waals surface area contributed by atoms with Gasteiger partial charge in [0.25, 0.3) is 0 Å². The molecule has 0 aliphatic carbocycles. The molecule has 0 saturated carbocycles. The van der Waals surface area contributed by atoms with Gasteiger partial charge in [0.2, 0.25) is 0 Å². The number of halogens is 1. The average Bonchev–Trinajstić information content (AvgIpc) is 2.31. The first-order chi connectivity index (χ1) is 8.11. The maximum Gasteiger partial charge on any atom is 0.133 e. The lowest BCUT2D eigenvalue weighted by molar-refractivity contribution is 0.265. The Morgan fingerprint density at radius 1 is 1.47 bits per heavy atom. The quantitative estimate of drug-likeness (QED) is 0.820. The van der Waals surface area contributed by atoms with Crippen molar-refractivity contribution in [3.8, 4) is 0 Å². The molecule has 0 aliphatic heterocycles. The van der Waals surface area contributed by atoms with Crippen LogP contribution < -0.4 is 5.73 Å². The molecule has 2 rings (SSSR count). The molecule has 4 heteroatoms. The molecule has 3 nitrogen and oxygen atoms in total. The van der Waals surface area contributed by atoms with E-state index >= 15 is 0 Å². The Morgan fingerprint density at radius 3 is 2.94 bits per heavy atom. The number of fused-ring (bicyclic) bond motifs is 1. The summed E-state index contributed by atoms with van der Waals surface area (Å²) in [7, 11) is 0. The van der Waals surface area contributed by atoms with Crippen molar-refractivity contribution in [2.24, 2.45) is 5.73 Å². The lowest BCUT2D eigenvalue weighted by atomic mass is 10.0. The van der Waals surface area contributed by atoms with Crippen molar-refractivity contribution in [1.29, 1.82) is 0 Å². The summed E-state index contributed by atoms with van der Waals surface area (Å²) in [6, 6.07) is 7.69. The number of rotatable bonds is 3. The molecule has 1 unspecified atom stereocenters. The minimum atomic E-state index is -0.295. The lowest BCUT2D eigenvalue weighted by Crippen LogP contribution is -2.27. The van der Waals surface area contributed by atoms with E-state index in [0.29, 0.717) is 11.6 Å². The topological polar surface area (TPSA) is 59.1 Å². The summed E-state index contributed by atoms with van der Waals surface area (Å²) < 4.78 is 0. The van der Waals surface area contributed by atoms with Crippen LogP contribution in [0, 0.1) is 6.92 Å². The number of nitrogens with zero attached hydrogens (tertiary/aromatic N) is 1. The lowest BCUT2D eigenvalue weighted by Gasteiger charge is -2.11. The van der Waals surface area contributed by atoms with E-state index in [-0.39, 0.29) is 12.6 Å². The van der Waals surface area contributed by atoms with Gasteiger partial charge >= 0.3 is 0 Å². The Kier molecular flexibility index (Phi) is 3.62. The number of aliphatic hydroxyl groups is 1. The van der Waals surface area contributed by atoms with E-state index in [4.69, 9.17) is 22.4 Å². The first-order valence-electron chi connectivity index (χ1n) is 5.53. The summed E-state index contributed by atoms with van der Waals surface area (Å²) in [5.74, 6) is 0. The van der Waals surface area contributed by atoms with E-state index in [0.717, 1.165) is 22.0 Å². The van der Waals surface area contributed by atoms with Crippen molar-refractivity contribution in [2.45, 2.75) is 19.4 Å². The molecule has 0 radical (unpaired) electrons. The SMILES string of the molecule is Cc1cccc2cc(CC(N)CO)c(Cl)nc12. The summed E-state index contributed by atoms with van der Waals surface area (Å²) in [4.78, 5) is 4.39. The smallest absolute Gasteiger partial charge is 0.133 e. The first kappa shape index (κ1) is 12.3. The fourth-order valence-electron chi connectivity index (χ4n) is 1.86. The van der Waals surface area contributed by atoms with Crippen LogP contribution in [0.4, 0.5) is 0 Å². The van der Waals surface area contributed by atoms with Gasteiger partial charge in [-0.1, -0.05) is 29.8 Å². The van der Waals surface area contributed by atoms with Gasteiger partial charge in [-0.05, 0) is 30.5 Å². The Morgan fingerprint density at radius 2 is 2.24 bits per heavy atom. The van der Waals surface area contributed by atoms with Crippen LogP contribution in [0.15, 0.2) is 24.3 Å². The van der Waals surface area contributed by atoms with Crippen LogP contribution in [-0.2, 0) is 6.42 Å². The highest BCUT2D eigenvalue weighted by Gasteiger charge is 2.09. The average molecular weight is 251 g/mol. The molecule has 0 amide bonds. The van der Waals surface area contributed by atoms with E-state index in [1.165, 1.54) is 0 Å². The summed E-state index contributed by atoms with van der Waals surface area (Å²) in [5, 5.41) is 10.5. The van der Waals surface area contributed by atoms with E-state index in [2.05, 4.69) is 4.98 Å². The van der Waals surface area contributed by atoms with Crippen LogP contribution in [0.25, 0.3) is 10.9 Å². The largest absolute Gasteiger partial charge is 0.395 e. The predicted octanol–water partition coefficient (Wildman–Crippen LogP) is 2.06. The highest BCUT2D eigenvalue weighted by atomic mass is 35.5. The van der Waals surface area contributed by atoms with Gasteiger partial charge in [0.05, 0.1) is 12.1 Å². The van der Waals surface area contributed by atoms with Crippen molar-refractivity contribution in [3.05, 3.63) is 40.5 Å². The molecule has 0 aliphatic rings. The van der Waals surface area contributed by atoms with Gasteiger partial charge in [-0.15, -0.1) is 0 Å². The van der Waals surface area contributed by atoms with Crippen molar-refractivity contribution >= 4 is 22.5 Å². The molecule has 2 aromatic rings. The minimum absolute atomic E-state index is 0.0534. The van der Waals surface area contributed by atoms with Gasteiger partial charge in [-0.25, -0.2) is 4.98 Å². The summed E-state index contributed by atoms with van der Waals surface area (Å²) in [5.41, 5.74) is 8.61. The Balaban J connectivity index is 2.48. The predicted molar refractivity (Wildman–Crippen MR) is 70.3 cm³/mol. The molecular formula is C13H15ClN2O. The molecule has 0 spiro atoms. The van der Waals surface area contributed by atoms with Crippen LogP contribution in [0.5, 0.6) is 0 Å². The van der Waals surface area contributed by atoms with Crippen LogP contribution in [0.1, 0.15) is 11.1 Å². The number of aliphatic hydroxyl groups excluding tert-OH is 1. The second kappa shape index (κ2) is 5.00. The molecule has 3 N–H and O–H groups in total. The van der Waals surface area contributed by atoms with Crippen LogP contribution in [0.2, 0.25) is 5.15 Å². The molecule has 1 aromatic carbocycles. The fraction of sp³-hybridized carbons (Fsp3) is 0.308. The minimum Gasteiger partial charge on any atom is -0.395 e. The number of aryl methyl sites for hydroxylation is 1. The van der Waals surface area contributed by atoms with E-state index in [1.54, 1.807) is 0 Å². The second-order valence-electron chi connectivity index (χ2n) is 4.23. The zero-order chi connectivity index (χ0) is 12.4. The van der Waals surface area contributed by atoms with Gasteiger partial charge in [0.1, 0.15) is 5.15 Å². The molecule has 90 valence electrons. The maximum atomic E-state index is 8.96. The number of hydrogen-bond acceptors (Lipinski definition) is 3. The molecule has 0 saturated heterocycles. The van der Waals surface area contributed by atoms with Gasteiger partial charge in [0.15, 0.2) is 0 Å². The number of nitrogens with two attached hydrogens (primary N) is 1. The van der Waals surface area contributed by atoms with Crippen molar-refractivity contribution in [3.63, 3.8) is 0 Å². The monoisotopic (exact) mass is 250 g/mol. The molecule has 0 fully saturated rings. The maximum absolute atomic E-state index is 8.96. The number of para-hydroxylation sites is 1. The highest BCUT2D eigenvalue weighted by Crippen LogP contribution is 2.23. The van der Waals surface area contributed by atoms with Crippen LogP contribution >= 0.6 is 11.6 Å². The number of benzene rings is 1.